The summed E-state index contributed by atoms with van der Waals surface area (Å²) in [6.45, 7) is 7.88. The van der Waals surface area contributed by atoms with Crippen LogP contribution in [-0.2, 0) is 24.3 Å². The lowest BCUT2D eigenvalue weighted by molar-refractivity contribution is -0.432. The Morgan fingerprint density at radius 3 is 2.30 bits per heavy atom. The van der Waals surface area contributed by atoms with Crippen LogP contribution >= 0.6 is 12.0 Å². The number of hydrogen-bond donors (Lipinski definition) is 4. The Kier molecular flexibility index (Phi) is 9.96. The van der Waals surface area contributed by atoms with Gasteiger partial charge in [0.2, 0.25) is 0 Å². The molecule has 11 nitrogen and oxygen atoms in total. The summed E-state index contributed by atoms with van der Waals surface area (Å²) in [4.78, 5) is 11.5. The molecule has 0 aliphatic rings. The molecule has 0 heterocycles. The number of rotatable bonds is 13. The predicted octanol–water partition coefficient (Wildman–Crippen LogP) is 3.00. The first kappa shape index (κ1) is 26.4. The number of carbonyl (C=O) groups excluding carboxylic acids is 1. The lowest BCUT2D eigenvalue weighted by Crippen LogP contribution is -2.28. The Morgan fingerprint density at radius 2 is 1.70 bits per heavy atom. The van der Waals surface area contributed by atoms with Gasteiger partial charge in [-0.25, -0.2) is 5.26 Å². The van der Waals surface area contributed by atoms with E-state index in [-0.39, 0.29) is 11.6 Å². The van der Waals surface area contributed by atoms with Crippen LogP contribution in [0.3, 0.4) is 0 Å². The monoisotopic (exact) mass is 500 g/mol. The molecule has 1 amide bonds. The van der Waals surface area contributed by atoms with Gasteiger partial charge in [0.15, 0.2) is 12.5 Å². The fourth-order valence-electron chi connectivity index (χ4n) is 2.65. The molecule has 2 aromatic rings. The molecule has 0 bridgehead atoms. The smallest absolute Gasteiger partial charge is 0.298 e. The number of amides is 1. The van der Waals surface area contributed by atoms with Gasteiger partial charge in [-0.2, -0.15) is 8.42 Å². The molecule has 2 aromatic carbocycles. The van der Waals surface area contributed by atoms with Gasteiger partial charge in [0, 0.05) is 13.1 Å². The molecular weight excluding hydrogens is 476 g/mol. The average molecular weight is 501 g/mol. The fraction of sp³-hybridized carbons (Fsp3) is 0.250. The van der Waals surface area contributed by atoms with Gasteiger partial charge in [-0.3, -0.25) is 9.35 Å². The molecule has 0 aromatic heterocycles. The number of hydrogen-bond acceptors (Lipinski definition) is 10. The van der Waals surface area contributed by atoms with E-state index < -0.39 is 27.5 Å². The Balaban J connectivity index is 2.41. The molecule has 0 saturated carbocycles. The highest BCUT2D eigenvalue weighted by molar-refractivity contribution is 7.94. The number of carbonyl (C=O) groups is 1. The summed E-state index contributed by atoms with van der Waals surface area (Å²) in [6, 6.07) is 8.87. The third-order valence-electron chi connectivity index (χ3n) is 3.99. The summed E-state index contributed by atoms with van der Waals surface area (Å²) < 4.78 is 48.9. The summed E-state index contributed by atoms with van der Waals surface area (Å²) in [5.74, 6) is -0.0192. The van der Waals surface area contributed by atoms with Crippen LogP contribution in [0.4, 0.5) is 0 Å². The third kappa shape index (κ3) is 7.92. The summed E-state index contributed by atoms with van der Waals surface area (Å²) in [5, 5.41) is 17.6. The van der Waals surface area contributed by atoms with E-state index in [2.05, 4.69) is 26.6 Å². The van der Waals surface area contributed by atoms with Crippen LogP contribution < -0.4 is 20.1 Å². The second-order valence-electron chi connectivity index (χ2n) is 6.32. The highest BCUT2D eigenvalue weighted by atomic mass is 32.2. The van der Waals surface area contributed by atoms with Crippen LogP contribution in [0.15, 0.2) is 58.7 Å². The van der Waals surface area contributed by atoms with Gasteiger partial charge in [-0.1, -0.05) is 17.2 Å². The molecule has 0 aliphatic carbocycles. The number of ether oxygens (including phenoxy) is 2. The summed E-state index contributed by atoms with van der Waals surface area (Å²) in [7, 11) is -4.66. The maximum Gasteiger partial charge on any atom is 0.298 e. The largest absolute Gasteiger partial charge is 0.482 e. The minimum absolute atomic E-state index is 0.180. The van der Waals surface area contributed by atoms with Crippen LogP contribution in [-0.4, -0.2) is 43.8 Å². The van der Waals surface area contributed by atoms with Crippen molar-refractivity contribution in [1.29, 1.82) is 0 Å². The van der Waals surface area contributed by atoms with Crippen molar-refractivity contribution >= 4 is 28.1 Å². The second kappa shape index (κ2) is 12.4. The molecule has 0 spiro atoms. The zero-order valence-electron chi connectivity index (χ0n) is 17.9. The second-order valence-corrected chi connectivity index (χ2v) is 8.45. The van der Waals surface area contributed by atoms with Crippen LogP contribution in [0.25, 0.3) is 11.1 Å². The van der Waals surface area contributed by atoms with Gasteiger partial charge in [0.1, 0.15) is 16.4 Å². The summed E-state index contributed by atoms with van der Waals surface area (Å²) in [6.07, 6.45) is 0. The van der Waals surface area contributed by atoms with Crippen LogP contribution in [0, 0.1) is 0 Å². The van der Waals surface area contributed by atoms with Crippen molar-refractivity contribution in [3.05, 3.63) is 48.9 Å². The van der Waals surface area contributed by atoms with Crippen LogP contribution in [0.2, 0.25) is 0 Å². The summed E-state index contributed by atoms with van der Waals surface area (Å²) in [5.41, 5.74) is 0.914. The van der Waals surface area contributed by atoms with Crippen molar-refractivity contribution in [1.82, 2.24) is 10.6 Å². The minimum Gasteiger partial charge on any atom is -0.482 e. The van der Waals surface area contributed by atoms with Gasteiger partial charge in [-0.15, -0.1) is 4.33 Å². The van der Waals surface area contributed by atoms with E-state index in [0.717, 1.165) is 0 Å². The van der Waals surface area contributed by atoms with Gasteiger partial charge in [0.05, 0.1) is 16.9 Å². The molecule has 0 radical (unpaired) electrons. The molecule has 2 rings (SSSR count). The van der Waals surface area contributed by atoms with Crippen molar-refractivity contribution < 1.29 is 41.9 Å². The van der Waals surface area contributed by atoms with Crippen molar-refractivity contribution in [3.63, 3.8) is 0 Å². The molecule has 180 valence electrons. The normalized spacial score (nSPS) is 11.0. The van der Waals surface area contributed by atoms with E-state index in [1.165, 1.54) is 12.1 Å². The van der Waals surface area contributed by atoms with Gasteiger partial charge < -0.3 is 20.1 Å². The fourth-order valence-corrected chi connectivity index (χ4v) is 3.78. The topological polar surface area (TPSA) is 153 Å². The Hall–Kier alpha value is -2.81. The Labute approximate surface area is 195 Å². The minimum atomic E-state index is -4.66. The highest BCUT2D eigenvalue weighted by Gasteiger charge is 2.20. The van der Waals surface area contributed by atoms with Crippen molar-refractivity contribution in [2.45, 2.75) is 23.6 Å². The summed E-state index contributed by atoms with van der Waals surface area (Å²) >= 11 is 0.642. The number of likely N-dealkylation sites (N-methyl/N-ethyl adjacent to an activating group) is 1. The van der Waals surface area contributed by atoms with Crippen LogP contribution in [0.5, 0.6) is 11.5 Å². The molecule has 0 saturated heterocycles. The molecule has 33 heavy (non-hydrogen) atoms. The number of benzene rings is 2. The maximum atomic E-state index is 11.9. The maximum absolute atomic E-state index is 11.9. The number of nitrogens with one attached hydrogen (secondary N) is 2. The highest BCUT2D eigenvalue weighted by Crippen LogP contribution is 2.37. The molecule has 0 unspecified atom stereocenters. The standard InChI is InChI=1S/C20H24N2O9S2/c1-4-21-13(3)29-16-8-6-14(10-18(16)32-31-30-24)15-7-9-17(19(11-15)33(25,26)27)28-12-20(23)22-5-2/h6-11,21,24H,3-5,12H2,1-2H3,(H,22,23)(H,25,26,27). The first-order valence-corrected chi connectivity index (χ1v) is 11.8. The SMILES string of the molecule is C=C(NCC)Oc1ccc(-c2ccc(OCC(=O)NCC)c(S(=O)(=O)O)c2)cc1SOOO. The molecule has 0 atom stereocenters. The van der Waals surface area contributed by atoms with Crippen LogP contribution in [0.1, 0.15) is 13.8 Å². The van der Waals surface area contributed by atoms with Crippen molar-refractivity contribution in [3.8, 4) is 22.6 Å². The van der Waals surface area contributed by atoms with E-state index in [9.17, 15) is 17.8 Å². The third-order valence-corrected chi connectivity index (χ3v) is 5.50. The zero-order valence-corrected chi connectivity index (χ0v) is 19.5. The molecule has 0 fully saturated rings. The molecule has 13 heteroatoms. The molecule has 4 N–H and O–H groups in total. The van der Waals surface area contributed by atoms with E-state index in [0.29, 0.717) is 46.9 Å². The predicted molar refractivity (Wildman–Crippen MR) is 120 cm³/mol. The van der Waals surface area contributed by atoms with E-state index >= 15 is 0 Å². The first-order chi connectivity index (χ1) is 15.7. The lowest BCUT2D eigenvalue weighted by atomic mass is 10.1. The Bertz CT molecular complexity index is 1090. The van der Waals surface area contributed by atoms with E-state index in [1.54, 1.807) is 31.2 Å². The first-order valence-electron chi connectivity index (χ1n) is 9.60. The van der Waals surface area contributed by atoms with Crippen molar-refractivity contribution in [2.75, 3.05) is 19.7 Å². The Morgan fingerprint density at radius 1 is 1.06 bits per heavy atom. The quantitative estimate of drug-likeness (QED) is 0.106. The van der Waals surface area contributed by atoms with E-state index in [1.807, 2.05) is 6.92 Å². The zero-order chi connectivity index (χ0) is 24.4. The van der Waals surface area contributed by atoms with E-state index in [4.69, 9.17) is 14.7 Å². The van der Waals surface area contributed by atoms with Gasteiger partial charge >= 0.3 is 0 Å². The van der Waals surface area contributed by atoms with Crippen molar-refractivity contribution in [2.24, 2.45) is 0 Å². The molecule has 0 aliphatic heterocycles. The van der Waals surface area contributed by atoms with Gasteiger partial charge in [0.25, 0.3) is 16.0 Å². The molecular formula is C20H24N2O9S2. The lowest BCUT2D eigenvalue weighted by Gasteiger charge is -2.15. The van der Waals surface area contributed by atoms with Gasteiger partial charge in [-0.05, 0) is 55.8 Å². The average Bonchev–Trinajstić information content (AvgIpc) is 2.76.